The molecule has 1 saturated heterocycles. The summed E-state index contributed by atoms with van der Waals surface area (Å²) in [6.45, 7) is 13.3. The van der Waals surface area contributed by atoms with E-state index >= 15 is 0 Å². The fourth-order valence-corrected chi connectivity index (χ4v) is 7.48. The van der Waals surface area contributed by atoms with E-state index in [9.17, 15) is 10.2 Å². The van der Waals surface area contributed by atoms with Crippen LogP contribution in [0.25, 0.3) is 0 Å². The van der Waals surface area contributed by atoms with Gasteiger partial charge in [-0.1, -0.05) is 38.5 Å². The van der Waals surface area contributed by atoms with E-state index in [-0.39, 0.29) is 17.3 Å². The third-order valence-corrected chi connectivity index (χ3v) is 8.78. The molecule has 2 bridgehead atoms. The quantitative estimate of drug-likeness (QED) is 0.638. The number of hydrogen-bond acceptors (Lipinski definition) is 4. The van der Waals surface area contributed by atoms with Crippen molar-refractivity contribution in [2.45, 2.75) is 78.0 Å². The Labute approximate surface area is 162 Å². The van der Waals surface area contributed by atoms with Crippen LogP contribution in [0, 0.1) is 34.5 Å². The lowest BCUT2D eigenvalue weighted by Gasteiger charge is -2.53. The van der Waals surface area contributed by atoms with E-state index in [1.54, 1.807) is 0 Å². The molecule has 8 atom stereocenters. The molecular formula is C23H34O4. The van der Waals surface area contributed by atoms with Crippen LogP contribution in [0.3, 0.4) is 0 Å². The van der Waals surface area contributed by atoms with E-state index < -0.39 is 29.0 Å². The van der Waals surface area contributed by atoms with Crippen LogP contribution >= 0.6 is 0 Å². The lowest BCUT2D eigenvalue weighted by atomic mass is 9.58. The Morgan fingerprint density at radius 1 is 1.19 bits per heavy atom. The zero-order valence-corrected chi connectivity index (χ0v) is 17.5. The third kappa shape index (κ3) is 2.08. The van der Waals surface area contributed by atoms with Crippen molar-refractivity contribution in [3.63, 3.8) is 0 Å². The Hall–Kier alpha value is -0.680. The maximum absolute atomic E-state index is 12.3. The summed E-state index contributed by atoms with van der Waals surface area (Å²) >= 11 is 0. The van der Waals surface area contributed by atoms with E-state index in [2.05, 4.69) is 39.8 Å². The van der Waals surface area contributed by atoms with Crippen LogP contribution < -0.4 is 0 Å². The molecule has 2 saturated carbocycles. The molecule has 27 heavy (non-hydrogen) atoms. The average Bonchev–Trinajstić information content (AvgIpc) is 2.99. The van der Waals surface area contributed by atoms with Crippen LogP contribution in [0.1, 0.15) is 54.4 Å². The normalized spacial score (nSPS) is 54.5. The van der Waals surface area contributed by atoms with E-state index in [0.717, 1.165) is 17.6 Å². The van der Waals surface area contributed by atoms with Gasteiger partial charge in [-0.25, -0.2) is 0 Å². The first-order valence-electron chi connectivity index (χ1n) is 10.6. The van der Waals surface area contributed by atoms with Crippen molar-refractivity contribution in [2.75, 3.05) is 6.61 Å². The number of hydrogen-bond donors (Lipinski definition) is 2. The van der Waals surface area contributed by atoms with Crippen molar-refractivity contribution in [3.05, 3.63) is 23.3 Å². The maximum Gasteiger partial charge on any atom is 0.164 e. The lowest BCUT2D eigenvalue weighted by Crippen LogP contribution is -2.64. The summed E-state index contributed by atoms with van der Waals surface area (Å²) in [5.41, 5.74) is 0.622. The third-order valence-electron chi connectivity index (χ3n) is 8.78. The monoisotopic (exact) mass is 374 g/mol. The average molecular weight is 375 g/mol. The predicted octanol–water partition coefficient (Wildman–Crippen LogP) is 3.43. The molecule has 4 aliphatic carbocycles. The molecule has 150 valence electrons. The van der Waals surface area contributed by atoms with E-state index in [1.807, 2.05) is 13.8 Å². The fourth-order valence-electron chi connectivity index (χ4n) is 7.48. The van der Waals surface area contributed by atoms with E-state index in [4.69, 9.17) is 9.47 Å². The van der Waals surface area contributed by atoms with Crippen LogP contribution in [-0.4, -0.2) is 40.4 Å². The molecule has 0 amide bonds. The first kappa shape index (κ1) is 18.4. The largest absolute Gasteiger partial charge is 0.391 e. The topological polar surface area (TPSA) is 58.9 Å². The summed E-state index contributed by atoms with van der Waals surface area (Å²) < 4.78 is 12.3. The molecule has 1 heterocycles. The molecule has 5 unspecified atom stereocenters. The Morgan fingerprint density at radius 2 is 1.89 bits per heavy atom. The van der Waals surface area contributed by atoms with Crippen LogP contribution in [-0.2, 0) is 9.47 Å². The van der Waals surface area contributed by atoms with Gasteiger partial charge in [0.25, 0.3) is 0 Å². The Balaban J connectivity index is 1.73. The van der Waals surface area contributed by atoms with E-state index in [1.165, 1.54) is 0 Å². The van der Waals surface area contributed by atoms with E-state index in [0.29, 0.717) is 24.9 Å². The minimum Gasteiger partial charge on any atom is -0.391 e. The van der Waals surface area contributed by atoms with Crippen molar-refractivity contribution in [3.8, 4) is 0 Å². The van der Waals surface area contributed by atoms with Gasteiger partial charge in [-0.2, -0.15) is 0 Å². The zero-order valence-electron chi connectivity index (χ0n) is 17.5. The molecule has 2 N–H and O–H groups in total. The van der Waals surface area contributed by atoms with Gasteiger partial charge in [-0.3, -0.25) is 0 Å². The summed E-state index contributed by atoms with van der Waals surface area (Å²) in [7, 11) is 0. The minimum atomic E-state index is -1.13. The summed E-state index contributed by atoms with van der Waals surface area (Å²) in [5, 5.41) is 24.1. The SMILES string of the molecule is CC1=C[C@]23C(O)C(C=C4COC(C)(C)O[C@H]4C2(O)C1)C1C(C[C@H]3C)C1(C)C. The molecule has 0 aromatic carbocycles. The number of aliphatic hydroxyl groups excluding tert-OH is 1. The lowest BCUT2D eigenvalue weighted by molar-refractivity contribution is -0.300. The standard InChI is InChI=1S/C23H34O4/c1-12-9-22-13(2)7-16-17(20(16,3)4)15(18(22)24)8-14-11-26-21(5,6)27-19(14)23(22,25)10-12/h8-9,13,15-19,24-25H,7,10-11H2,1-6H3/t13-,15?,16?,17?,18?,19-,22+,23?/m1/s1. The Morgan fingerprint density at radius 3 is 2.59 bits per heavy atom. The smallest absolute Gasteiger partial charge is 0.164 e. The molecule has 0 aromatic heterocycles. The van der Waals surface area contributed by atoms with Crippen molar-refractivity contribution < 1.29 is 19.7 Å². The second-order valence-electron chi connectivity index (χ2n) is 11.1. The number of ether oxygens (including phenoxy) is 2. The Kier molecular flexibility index (Phi) is 3.45. The van der Waals surface area contributed by atoms with Gasteiger partial charge in [-0.15, -0.1) is 0 Å². The van der Waals surface area contributed by atoms with Gasteiger partial charge in [0, 0.05) is 17.8 Å². The highest BCUT2D eigenvalue weighted by atomic mass is 16.7. The molecule has 4 nitrogen and oxygen atoms in total. The maximum atomic E-state index is 12.3. The van der Waals surface area contributed by atoms with Gasteiger partial charge < -0.3 is 19.7 Å². The molecule has 3 fully saturated rings. The van der Waals surface area contributed by atoms with Crippen LogP contribution in [0.2, 0.25) is 0 Å². The van der Waals surface area contributed by atoms with Gasteiger partial charge in [0.2, 0.25) is 0 Å². The highest BCUT2D eigenvalue weighted by molar-refractivity contribution is 5.40. The van der Waals surface area contributed by atoms with Gasteiger partial charge in [0.15, 0.2) is 5.79 Å². The summed E-state index contributed by atoms with van der Waals surface area (Å²) in [6.07, 6.45) is 4.99. The number of fused-ring (bicyclic) bond motifs is 5. The van der Waals surface area contributed by atoms with Crippen molar-refractivity contribution in [1.29, 1.82) is 0 Å². The molecule has 1 spiro atoms. The van der Waals surface area contributed by atoms with Gasteiger partial charge in [0.1, 0.15) is 11.7 Å². The van der Waals surface area contributed by atoms with Gasteiger partial charge in [0.05, 0.1) is 12.7 Å². The summed E-state index contributed by atoms with van der Waals surface area (Å²) in [5.74, 6) is 0.544. The predicted molar refractivity (Wildman–Crippen MR) is 103 cm³/mol. The minimum absolute atomic E-state index is 0.0389. The molecule has 5 aliphatic rings. The summed E-state index contributed by atoms with van der Waals surface area (Å²) in [6, 6.07) is 0. The van der Waals surface area contributed by atoms with Crippen LogP contribution in [0.4, 0.5) is 0 Å². The van der Waals surface area contributed by atoms with Crippen molar-refractivity contribution >= 4 is 0 Å². The van der Waals surface area contributed by atoms with Gasteiger partial charge in [-0.05, 0) is 55.9 Å². The molecule has 0 aromatic rings. The Bertz CT molecular complexity index is 749. The molecule has 4 heteroatoms. The number of rotatable bonds is 0. The highest BCUT2D eigenvalue weighted by Gasteiger charge is 2.74. The zero-order chi connectivity index (χ0) is 19.6. The van der Waals surface area contributed by atoms with Crippen molar-refractivity contribution in [1.82, 2.24) is 0 Å². The molecule has 0 radical (unpaired) electrons. The van der Waals surface area contributed by atoms with Crippen LogP contribution in [0.5, 0.6) is 0 Å². The van der Waals surface area contributed by atoms with Crippen molar-refractivity contribution in [2.24, 2.45) is 34.5 Å². The molecule has 1 aliphatic heterocycles. The van der Waals surface area contributed by atoms with Gasteiger partial charge >= 0.3 is 0 Å². The second kappa shape index (κ2) is 5.08. The second-order valence-corrected chi connectivity index (χ2v) is 11.1. The van der Waals surface area contributed by atoms with Crippen LogP contribution in [0.15, 0.2) is 23.3 Å². The first-order chi connectivity index (χ1) is 12.4. The molecular weight excluding hydrogens is 340 g/mol. The number of aliphatic hydroxyl groups is 2. The highest BCUT2D eigenvalue weighted by Crippen LogP contribution is 2.73. The summed E-state index contributed by atoms with van der Waals surface area (Å²) in [4.78, 5) is 0. The molecule has 5 rings (SSSR count). The first-order valence-corrected chi connectivity index (χ1v) is 10.6. The fraction of sp³-hybridized carbons (Fsp3) is 0.826.